The number of rotatable bonds is 3. The highest BCUT2D eigenvalue weighted by Crippen LogP contribution is 2.30. The van der Waals surface area contributed by atoms with Gasteiger partial charge in [0.1, 0.15) is 0 Å². The van der Waals surface area contributed by atoms with E-state index in [1.165, 1.54) is 22.4 Å². The van der Waals surface area contributed by atoms with Crippen LogP contribution in [0.3, 0.4) is 0 Å². The molecular formula is C16H19N7O2S. The quantitative estimate of drug-likeness (QED) is 0.731. The third kappa shape index (κ3) is 2.43. The van der Waals surface area contributed by atoms with Crippen molar-refractivity contribution in [3.8, 4) is 0 Å². The normalized spacial score (nSPS) is 19.2. The van der Waals surface area contributed by atoms with Gasteiger partial charge in [-0.1, -0.05) is 0 Å². The summed E-state index contributed by atoms with van der Waals surface area (Å²) < 4.78 is 28.5. The first kappa shape index (κ1) is 15.9. The molecule has 0 amide bonds. The number of aromatic nitrogens is 6. The minimum atomic E-state index is -3.50. The second-order valence-corrected chi connectivity index (χ2v) is 8.80. The number of hydrogen-bond donors (Lipinski definition) is 1. The maximum Gasteiger partial charge on any atom is 0.260 e. The molecule has 0 spiro atoms. The first-order valence-corrected chi connectivity index (χ1v) is 10.3. The van der Waals surface area contributed by atoms with Gasteiger partial charge in [0.2, 0.25) is 0 Å². The Balaban J connectivity index is 1.38. The second-order valence-electron chi connectivity index (χ2n) is 6.89. The molecule has 1 aliphatic carbocycles. The van der Waals surface area contributed by atoms with Crippen molar-refractivity contribution < 1.29 is 8.42 Å². The van der Waals surface area contributed by atoms with E-state index >= 15 is 0 Å². The summed E-state index contributed by atoms with van der Waals surface area (Å²) in [7, 11) is -3.50. The Hall–Kier alpha value is -2.33. The van der Waals surface area contributed by atoms with Crippen LogP contribution in [-0.2, 0) is 22.9 Å². The van der Waals surface area contributed by atoms with E-state index in [0.717, 1.165) is 36.4 Å². The van der Waals surface area contributed by atoms with Crippen LogP contribution in [0.2, 0.25) is 0 Å². The molecule has 0 aromatic carbocycles. The summed E-state index contributed by atoms with van der Waals surface area (Å²) in [5.74, 6) is 0.999. The molecule has 4 heterocycles. The Labute approximate surface area is 150 Å². The lowest BCUT2D eigenvalue weighted by molar-refractivity contribution is 0.310. The van der Waals surface area contributed by atoms with Gasteiger partial charge in [0.05, 0.1) is 18.2 Å². The maximum atomic E-state index is 12.6. The fraction of sp³-hybridized carbons (Fsp3) is 0.500. The lowest BCUT2D eigenvalue weighted by Gasteiger charge is -2.29. The molecule has 1 saturated heterocycles. The number of fused-ring (bicyclic) bond motifs is 2. The van der Waals surface area contributed by atoms with Gasteiger partial charge in [0.15, 0.2) is 16.5 Å². The number of nitrogens with zero attached hydrogens (tertiary/aromatic N) is 6. The summed E-state index contributed by atoms with van der Waals surface area (Å²) >= 11 is 0. The van der Waals surface area contributed by atoms with Crippen molar-refractivity contribution >= 4 is 15.7 Å². The molecule has 10 heteroatoms. The predicted octanol–water partition coefficient (Wildman–Crippen LogP) is 0.904. The van der Waals surface area contributed by atoms with Crippen LogP contribution in [0.5, 0.6) is 0 Å². The van der Waals surface area contributed by atoms with E-state index in [1.807, 2.05) is 4.52 Å². The standard InChI is InChI=1S/C16H19N7O2S/c24-26(25,15-9-17-10-18-15)22-6-4-11(5-7-22)16-20-19-14-8-12-2-1-3-13(12)21-23(14)16/h8-11H,1-7H2,(H,17,18). The molecule has 9 nitrogen and oxygen atoms in total. The van der Waals surface area contributed by atoms with E-state index in [0.29, 0.717) is 25.9 Å². The minimum Gasteiger partial charge on any atom is -0.335 e. The lowest BCUT2D eigenvalue weighted by atomic mass is 9.97. The summed E-state index contributed by atoms with van der Waals surface area (Å²) in [4.78, 5) is 6.49. The molecule has 0 unspecified atom stereocenters. The molecule has 2 aliphatic rings. The summed E-state index contributed by atoms with van der Waals surface area (Å²) in [6, 6.07) is 2.09. The van der Waals surface area contributed by atoms with E-state index in [2.05, 4.69) is 26.2 Å². The fourth-order valence-electron chi connectivity index (χ4n) is 3.93. The van der Waals surface area contributed by atoms with Gasteiger partial charge >= 0.3 is 0 Å². The van der Waals surface area contributed by atoms with Crippen LogP contribution in [0, 0.1) is 0 Å². The van der Waals surface area contributed by atoms with Gasteiger partial charge in [-0.15, -0.1) is 10.2 Å². The Morgan fingerprint density at radius 2 is 2.00 bits per heavy atom. The van der Waals surface area contributed by atoms with Gasteiger partial charge < -0.3 is 4.98 Å². The average molecular weight is 373 g/mol. The molecule has 0 saturated carbocycles. The van der Waals surface area contributed by atoms with E-state index in [9.17, 15) is 8.42 Å². The van der Waals surface area contributed by atoms with Crippen LogP contribution in [0.4, 0.5) is 0 Å². The summed E-state index contributed by atoms with van der Waals surface area (Å²) in [6.45, 7) is 0.901. The van der Waals surface area contributed by atoms with Crippen molar-refractivity contribution in [1.29, 1.82) is 0 Å². The van der Waals surface area contributed by atoms with Crippen molar-refractivity contribution in [3.63, 3.8) is 0 Å². The van der Waals surface area contributed by atoms with Gasteiger partial charge in [-0.2, -0.15) is 13.9 Å². The zero-order valence-corrected chi connectivity index (χ0v) is 15.0. The molecule has 136 valence electrons. The van der Waals surface area contributed by atoms with E-state index in [1.54, 1.807) is 0 Å². The Morgan fingerprint density at radius 1 is 1.15 bits per heavy atom. The number of nitrogens with one attached hydrogen (secondary N) is 1. The van der Waals surface area contributed by atoms with Crippen LogP contribution >= 0.6 is 0 Å². The molecule has 0 atom stereocenters. The summed E-state index contributed by atoms with van der Waals surface area (Å²) in [5, 5.41) is 13.5. The smallest absolute Gasteiger partial charge is 0.260 e. The number of sulfonamides is 1. The maximum absolute atomic E-state index is 12.6. The average Bonchev–Trinajstić information content (AvgIpc) is 3.39. The second kappa shape index (κ2) is 5.85. The SMILES string of the molecule is O=S(=O)(c1cnc[nH]1)N1CCC(c2nnc3cc4c(nn23)CCC4)CC1. The third-order valence-corrected chi connectivity index (χ3v) is 7.18. The predicted molar refractivity (Wildman–Crippen MR) is 92.1 cm³/mol. The number of imidazole rings is 1. The Kier molecular flexibility index (Phi) is 3.57. The van der Waals surface area contributed by atoms with E-state index in [-0.39, 0.29) is 10.9 Å². The van der Waals surface area contributed by atoms with Crippen molar-refractivity contribution in [2.24, 2.45) is 0 Å². The Morgan fingerprint density at radius 3 is 2.77 bits per heavy atom. The molecule has 3 aromatic heterocycles. The number of piperidine rings is 1. The van der Waals surface area contributed by atoms with Crippen LogP contribution in [0.15, 0.2) is 23.6 Å². The van der Waals surface area contributed by atoms with Crippen molar-refractivity contribution in [2.75, 3.05) is 13.1 Å². The van der Waals surface area contributed by atoms with Crippen molar-refractivity contribution in [1.82, 2.24) is 34.1 Å². The first-order chi connectivity index (χ1) is 12.6. The molecule has 1 aliphatic heterocycles. The van der Waals surface area contributed by atoms with Crippen LogP contribution in [0.1, 0.15) is 42.3 Å². The molecular weight excluding hydrogens is 354 g/mol. The number of aromatic amines is 1. The van der Waals surface area contributed by atoms with Crippen LogP contribution < -0.4 is 0 Å². The van der Waals surface area contributed by atoms with Gasteiger partial charge in [-0.05, 0) is 43.7 Å². The Bertz CT molecular complexity index is 1050. The molecule has 0 bridgehead atoms. The highest BCUT2D eigenvalue weighted by atomic mass is 32.2. The van der Waals surface area contributed by atoms with Crippen molar-refractivity contribution in [2.45, 2.75) is 43.0 Å². The van der Waals surface area contributed by atoms with Crippen molar-refractivity contribution in [3.05, 3.63) is 35.7 Å². The highest BCUT2D eigenvalue weighted by Gasteiger charge is 2.33. The number of hydrogen-bond acceptors (Lipinski definition) is 6. The van der Waals surface area contributed by atoms with Gasteiger partial charge in [0.25, 0.3) is 10.0 Å². The summed E-state index contributed by atoms with van der Waals surface area (Å²) in [5.41, 5.74) is 3.20. The van der Waals surface area contributed by atoms with E-state index in [4.69, 9.17) is 5.10 Å². The van der Waals surface area contributed by atoms with Gasteiger partial charge in [0, 0.05) is 19.0 Å². The largest absolute Gasteiger partial charge is 0.335 e. The van der Waals surface area contributed by atoms with Gasteiger partial charge in [-0.3, -0.25) is 0 Å². The third-order valence-electron chi connectivity index (χ3n) is 5.35. The molecule has 26 heavy (non-hydrogen) atoms. The van der Waals surface area contributed by atoms with Crippen LogP contribution in [-0.4, -0.2) is 55.6 Å². The van der Waals surface area contributed by atoms with E-state index < -0.39 is 10.0 Å². The zero-order valence-electron chi connectivity index (χ0n) is 14.2. The molecule has 1 N–H and O–H groups in total. The fourth-order valence-corrected chi connectivity index (χ4v) is 5.29. The summed E-state index contributed by atoms with van der Waals surface area (Å²) in [6.07, 6.45) is 7.33. The first-order valence-electron chi connectivity index (χ1n) is 8.85. The number of aryl methyl sites for hydroxylation is 2. The molecule has 3 aromatic rings. The van der Waals surface area contributed by atoms with Gasteiger partial charge in [-0.25, -0.2) is 13.4 Å². The molecule has 1 fully saturated rings. The van der Waals surface area contributed by atoms with Crippen LogP contribution in [0.25, 0.3) is 5.65 Å². The monoisotopic (exact) mass is 373 g/mol. The number of H-pyrrole nitrogens is 1. The molecule has 0 radical (unpaired) electrons. The molecule has 5 rings (SSSR count). The minimum absolute atomic E-state index is 0.140. The topological polar surface area (TPSA) is 109 Å². The highest BCUT2D eigenvalue weighted by molar-refractivity contribution is 7.89. The zero-order chi connectivity index (χ0) is 17.7. The lowest BCUT2D eigenvalue weighted by Crippen LogP contribution is -2.38.